The van der Waals surface area contributed by atoms with Gasteiger partial charge in [-0.15, -0.1) is 0 Å². The molecule has 0 bridgehead atoms. The third-order valence-corrected chi connectivity index (χ3v) is 2.91. The minimum Gasteiger partial charge on any atom is -0.508 e. The molecule has 8 heteroatoms. The van der Waals surface area contributed by atoms with Crippen molar-refractivity contribution in [2.45, 2.75) is 0 Å². The number of phenols is 1. The number of nitrogens with zero attached hydrogens (tertiary/aromatic N) is 2. The van der Waals surface area contributed by atoms with Gasteiger partial charge in [0, 0.05) is 17.2 Å². The topological polar surface area (TPSA) is 114 Å². The van der Waals surface area contributed by atoms with Gasteiger partial charge in [-0.3, -0.25) is 14.9 Å². The van der Waals surface area contributed by atoms with Crippen molar-refractivity contribution in [2.24, 2.45) is 5.10 Å². The zero-order valence-electron chi connectivity index (χ0n) is 12.1. The predicted octanol–water partition coefficient (Wildman–Crippen LogP) is 2.07. The summed E-state index contributed by atoms with van der Waals surface area (Å²) in [6, 6.07) is 9.95. The van der Waals surface area contributed by atoms with Gasteiger partial charge < -0.3 is 9.84 Å². The van der Waals surface area contributed by atoms with E-state index in [1.807, 2.05) is 0 Å². The minimum absolute atomic E-state index is 0.0515. The van der Waals surface area contributed by atoms with Gasteiger partial charge in [0.25, 0.3) is 5.91 Å². The van der Waals surface area contributed by atoms with Gasteiger partial charge in [-0.2, -0.15) is 5.10 Å². The van der Waals surface area contributed by atoms with Crippen molar-refractivity contribution in [3.63, 3.8) is 0 Å². The highest BCUT2D eigenvalue weighted by Crippen LogP contribution is 2.26. The lowest BCUT2D eigenvalue weighted by Crippen LogP contribution is -2.17. The van der Waals surface area contributed by atoms with Crippen LogP contribution in [0.2, 0.25) is 0 Å². The van der Waals surface area contributed by atoms with Crippen molar-refractivity contribution in [1.82, 2.24) is 5.43 Å². The van der Waals surface area contributed by atoms with E-state index in [0.717, 1.165) is 0 Å². The van der Waals surface area contributed by atoms with E-state index in [0.29, 0.717) is 11.1 Å². The van der Waals surface area contributed by atoms with E-state index in [9.17, 15) is 14.9 Å². The summed E-state index contributed by atoms with van der Waals surface area (Å²) in [6.07, 6.45) is 1.28. The molecule has 0 heterocycles. The zero-order chi connectivity index (χ0) is 16.8. The van der Waals surface area contributed by atoms with Crippen LogP contribution in [0, 0.1) is 10.1 Å². The molecule has 0 atom stereocenters. The van der Waals surface area contributed by atoms with E-state index >= 15 is 0 Å². The van der Waals surface area contributed by atoms with E-state index in [-0.39, 0.29) is 17.2 Å². The predicted molar refractivity (Wildman–Crippen MR) is 82.8 cm³/mol. The van der Waals surface area contributed by atoms with Gasteiger partial charge in [0.2, 0.25) is 0 Å². The summed E-state index contributed by atoms with van der Waals surface area (Å²) >= 11 is 0. The molecule has 0 aliphatic carbocycles. The second-order valence-corrected chi connectivity index (χ2v) is 4.43. The Bertz CT molecular complexity index is 756. The van der Waals surface area contributed by atoms with Crippen LogP contribution in [-0.2, 0) is 0 Å². The first kappa shape index (κ1) is 16.0. The van der Waals surface area contributed by atoms with Crippen LogP contribution in [0.15, 0.2) is 47.6 Å². The van der Waals surface area contributed by atoms with Crippen LogP contribution in [0.25, 0.3) is 0 Å². The fourth-order valence-corrected chi connectivity index (χ4v) is 1.77. The van der Waals surface area contributed by atoms with Gasteiger partial charge in [0.1, 0.15) is 5.75 Å². The Labute approximate surface area is 131 Å². The maximum absolute atomic E-state index is 11.8. The van der Waals surface area contributed by atoms with Gasteiger partial charge in [-0.25, -0.2) is 5.43 Å². The van der Waals surface area contributed by atoms with Crippen LogP contribution in [0.1, 0.15) is 15.9 Å². The van der Waals surface area contributed by atoms with E-state index < -0.39 is 10.8 Å². The van der Waals surface area contributed by atoms with Crippen molar-refractivity contribution in [3.8, 4) is 11.5 Å². The lowest BCUT2D eigenvalue weighted by atomic mass is 10.2. The number of methoxy groups -OCH3 is 1. The third-order valence-electron chi connectivity index (χ3n) is 2.91. The number of nitrogens with one attached hydrogen (secondary N) is 1. The van der Waals surface area contributed by atoms with Crippen LogP contribution in [0.4, 0.5) is 5.69 Å². The SMILES string of the molecule is COc1ccc(/C=N/NC(=O)c2ccc(O)cc2)cc1[N+](=O)[O-]. The average molecular weight is 315 g/mol. The van der Waals surface area contributed by atoms with Crippen LogP contribution in [-0.4, -0.2) is 29.3 Å². The number of carbonyl (C=O) groups is 1. The standard InChI is InChI=1S/C15H13N3O5/c1-23-14-7-2-10(8-13(14)18(21)22)9-16-17-15(20)11-3-5-12(19)6-4-11/h2-9,19H,1H3,(H,17,20)/b16-9+. The number of carbonyl (C=O) groups excluding carboxylic acids is 1. The molecule has 2 aromatic carbocycles. The molecule has 0 aliphatic heterocycles. The van der Waals surface area contributed by atoms with E-state index in [4.69, 9.17) is 9.84 Å². The van der Waals surface area contributed by atoms with Crippen LogP contribution >= 0.6 is 0 Å². The summed E-state index contributed by atoms with van der Waals surface area (Å²) in [5.74, 6) is -0.278. The van der Waals surface area contributed by atoms with Crippen molar-refractivity contribution in [2.75, 3.05) is 7.11 Å². The van der Waals surface area contributed by atoms with Crippen molar-refractivity contribution < 1.29 is 19.6 Å². The maximum atomic E-state index is 11.8. The molecule has 2 rings (SSSR count). The number of phenolic OH excluding ortho intramolecular Hbond substituents is 1. The second kappa shape index (κ2) is 7.03. The van der Waals surface area contributed by atoms with E-state index in [2.05, 4.69) is 10.5 Å². The highest BCUT2D eigenvalue weighted by Gasteiger charge is 2.14. The van der Waals surface area contributed by atoms with Gasteiger partial charge >= 0.3 is 5.69 Å². The van der Waals surface area contributed by atoms with Gasteiger partial charge in [-0.05, 0) is 36.4 Å². The lowest BCUT2D eigenvalue weighted by molar-refractivity contribution is -0.385. The summed E-state index contributed by atoms with van der Waals surface area (Å²) in [7, 11) is 1.34. The van der Waals surface area contributed by atoms with E-state index in [1.54, 1.807) is 6.07 Å². The number of benzene rings is 2. The summed E-state index contributed by atoms with van der Waals surface area (Å²) in [4.78, 5) is 22.1. The Morgan fingerprint density at radius 2 is 2.00 bits per heavy atom. The zero-order valence-corrected chi connectivity index (χ0v) is 12.1. The van der Waals surface area contributed by atoms with Gasteiger partial charge in [0.15, 0.2) is 5.75 Å². The van der Waals surface area contributed by atoms with Gasteiger partial charge in [0.05, 0.1) is 18.2 Å². The molecule has 0 aromatic heterocycles. The number of ether oxygens (including phenoxy) is 1. The lowest BCUT2D eigenvalue weighted by Gasteiger charge is -2.02. The number of hydrogen-bond donors (Lipinski definition) is 2. The summed E-state index contributed by atoms with van der Waals surface area (Å²) in [5.41, 5.74) is 2.85. The third kappa shape index (κ3) is 4.03. The van der Waals surface area contributed by atoms with Crippen LogP contribution < -0.4 is 10.2 Å². The average Bonchev–Trinajstić information content (AvgIpc) is 2.55. The molecule has 2 N–H and O–H groups in total. The molecule has 0 saturated heterocycles. The molecule has 118 valence electrons. The number of nitro groups is 1. The molecule has 0 aliphatic rings. The second-order valence-electron chi connectivity index (χ2n) is 4.43. The molecule has 23 heavy (non-hydrogen) atoms. The number of hydrazone groups is 1. The van der Waals surface area contributed by atoms with Gasteiger partial charge in [-0.1, -0.05) is 0 Å². The highest BCUT2D eigenvalue weighted by atomic mass is 16.6. The number of hydrogen-bond acceptors (Lipinski definition) is 6. The first-order valence-electron chi connectivity index (χ1n) is 6.46. The minimum atomic E-state index is -0.564. The highest BCUT2D eigenvalue weighted by molar-refractivity contribution is 5.95. The number of aromatic hydroxyl groups is 1. The van der Waals surface area contributed by atoms with E-state index in [1.165, 1.54) is 49.7 Å². The van der Waals surface area contributed by atoms with Crippen molar-refractivity contribution >= 4 is 17.8 Å². The van der Waals surface area contributed by atoms with Crippen LogP contribution in [0.3, 0.4) is 0 Å². The Kier molecular flexibility index (Phi) is 4.88. The Balaban J connectivity index is 2.08. The molecule has 8 nitrogen and oxygen atoms in total. The Morgan fingerprint density at radius 1 is 1.30 bits per heavy atom. The number of rotatable bonds is 5. The van der Waals surface area contributed by atoms with Crippen molar-refractivity contribution in [3.05, 3.63) is 63.7 Å². The summed E-state index contributed by atoms with van der Waals surface area (Å²) in [6.45, 7) is 0. The Hall–Kier alpha value is -3.42. The molecular formula is C15H13N3O5. The number of nitro benzene ring substituents is 1. The monoisotopic (exact) mass is 315 g/mol. The van der Waals surface area contributed by atoms with Crippen LogP contribution in [0.5, 0.6) is 11.5 Å². The fraction of sp³-hybridized carbons (Fsp3) is 0.0667. The van der Waals surface area contributed by atoms with Crippen molar-refractivity contribution in [1.29, 1.82) is 0 Å². The number of amides is 1. The summed E-state index contributed by atoms with van der Waals surface area (Å²) < 4.78 is 4.90. The first-order chi connectivity index (χ1) is 11.0. The fourth-order valence-electron chi connectivity index (χ4n) is 1.77. The molecular weight excluding hydrogens is 302 g/mol. The molecule has 0 radical (unpaired) electrons. The smallest absolute Gasteiger partial charge is 0.311 e. The molecule has 0 unspecified atom stereocenters. The largest absolute Gasteiger partial charge is 0.508 e. The molecule has 2 aromatic rings. The first-order valence-corrected chi connectivity index (χ1v) is 6.46. The Morgan fingerprint density at radius 3 is 2.61 bits per heavy atom. The quantitative estimate of drug-likeness (QED) is 0.498. The maximum Gasteiger partial charge on any atom is 0.311 e. The molecule has 0 spiro atoms. The molecule has 0 saturated carbocycles. The molecule has 1 amide bonds. The summed E-state index contributed by atoms with van der Waals surface area (Å²) in [5, 5.41) is 23.8. The molecule has 0 fully saturated rings. The normalized spacial score (nSPS) is 10.5.